The number of anilines is 1. The van der Waals surface area contributed by atoms with E-state index < -0.39 is 0 Å². The van der Waals surface area contributed by atoms with Gasteiger partial charge in [0.2, 0.25) is 5.95 Å². The molecule has 6 nitrogen and oxygen atoms in total. The summed E-state index contributed by atoms with van der Waals surface area (Å²) >= 11 is 5.72. The summed E-state index contributed by atoms with van der Waals surface area (Å²) in [7, 11) is 0. The molecule has 19 heavy (non-hydrogen) atoms. The normalized spacial score (nSPS) is 10.6. The van der Waals surface area contributed by atoms with Gasteiger partial charge in [-0.05, 0) is 18.2 Å². The van der Waals surface area contributed by atoms with Gasteiger partial charge in [0, 0.05) is 17.1 Å². The second-order valence-electron chi connectivity index (χ2n) is 3.83. The van der Waals surface area contributed by atoms with E-state index in [2.05, 4.69) is 25.5 Å². The molecule has 7 heteroatoms. The van der Waals surface area contributed by atoms with E-state index in [0.717, 1.165) is 10.9 Å². The van der Waals surface area contributed by atoms with Crippen molar-refractivity contribution in [2.45, 2.75) is 0 Å². The standard InChI is InChI=1S/C12H8ClN5O/c13-10-3-4-14-12(16-10)17-11(19)7-1-2-8-6-15-18-9(8)5-7/h1-6H,(H,15,18)(H,14,16,17,19). The van der Waals surface area contributed by atoms with Crippen molar-refractivity contribution in [1.82, 2.24) is 20.2 Å². The summed E-state index contributed by atoms with van der Waals surface area (Å²) in [6.45, 7) is 0. The number of hydrogen-bond acceptors (Lipinski definition) is 4. The van der Waals surface area contributed by atoms with Crippen LogP contribution in [0.25, 0.3) is 10.9 Å². The molecule has 94 valence electrons. The molecule has 0 saturated heterocycles. The van der Waals surface area contributed by atoms with Crippen LogP contribution in [0.4, 0.5) is 5.95 Å². The molecule has 0 aliphatic carbocycles. The molecule has 0 atom stereocenters. The number of hydrogen-bond donors (Lipinski definition) is 2. The van der Waals surface area contributed by atoms with Crippen LogP contribution in [-0.4, -0.2) is 26.1 Å². The van der Waals surface area contributed by atoms with E-state index >= 15 is 0 Å². The third-order valence-corrected chi connectivity index (χ3v) is 2.76. The Morgan fingerprint density at radius 2 is 2.21 bits per heavy atom. The Labute approximate surface area is 112 Å². The number of carbonyl (C=O) groups is 1. The summed E-state index contributed by atoms with van der Waals surface area (Å²) in [4.78, 5) is 19.8. The van der Waals surface area contributed by atoms with Gasteiger partial charge < -0.3 is 0 Å². The number of rotatable bonds is 2. The van der Waals surface area contributed by atoms with Crippen LogP contribution in [0.1, 0.15) is 10.4 Å². The Hall–Kier alpha value is -2.47. The van der Waals surface area contributed by atoms with Gasteiger partial charge in [-0.3, -0.25) is 15.2 Å². The summed E-state index contributed by atoms with van der Waals surface area (Å²) in [6.07, 6.45) is 3.17. The molecule has 1 amide bonds. The Bertz CT molecular complexity index is 754. The summed E-state index contributed by atoms with van der Waals surface area (Å²) < 4.78 is 0. The first kappa shape index (κ1) is 11.6. The number of nitrogens with zero attached hydrogens (tertiary/aromatic N) is 3. The van der Waals surface area contributed by atoms with E-state index in [1.807, 2.05) is 6.07 Å². The number of H-pyrrole nitrogens is 1. The lowest BCUT2D eigenvalue weighted by molar-refractivity contribution is 0.102. The van der Waals surface area contributed by atoms with Gasteiger partial charge in [0.15, 0.2) is 0 Å². The summed E-state index contributed by atoms with van der Waals surface area (Å²) in [5, 5.41) is 10.5. The minimum Gasteiger partial charge on any atom is -0.290 e. The van der Waals surface area contributed by atoms with E-state index in [0.29, 0.717) is 5.56 Å². The first-order valence-electron chi connectivity index (χ1n) is 5.45. The number of aromatic amines is 1. The Morgan fingerprint density at radius 1 is 1.32 bits per heavy atom. The zero-order valence-corrected chi connectivity index (χ0v) is 10.3. The maximum Gasteiger partial charge on any atom is 0.258 e. The lowest BCUT2D eigenvalue weighted by atomic mass is 10.1. The Morgan fingerprint density at radius 3 is 3.05 bits per heavy atom. The van der Waals surface area contributed by atoms with Crippen LogP contribution >= 0.6 is 11.6 Å². The van der Waals surface area contributed by atoms with E-state index in [9.17, 15) is 4.79 Å². The number of carbonyl (C=O) groups excluding carboxylic acids is 1. The molecule has 3 rings (SSSR count). The largest absolute Gasteiger partial charge is 0.290 e. The summed E-state index contributed by atoms with van der Waals surface area (Å²) in [5.74, 6) is -0.138. The molecule has 3 aromatic rings. The maximum atomic E-state index is 12.0. The van der Waals surface area contributed by atoms with Crippen molar-refractivity contribution in [1.29, 1.82) is 0 Å². The van der Waals surface area contributed by atoms with Gasteiger partial charge >= 0.3 is 0 Å². The molecule has 0 saturated carbocycles. The van der Waals surface area contributed by atoms with Gasteiger partial charge in [-0.15, -0.1) is 0 Å². The van der Waals surface area contributed by atoms with E-state index in [-0.39, 0.29) is 17.0 Å². The summed E-state index contributed by atoms with van der Waals surface area (Å²) in [5.41, 5.74) is 1.28. The molecule has 2 heterocycles. The van der Waals surface area contributed by atoms with Crippen molar-refractivity contribution in [2.75, 3.05) is 5.32 Å². The zero-order chi connectivity index (χ0) is 13.2. The average molecular weight is 274 g/mol. The SMILES string of the molecule is O=C(Nc1nccc(Cl)n1)c1ccc2cn[nH]c2c1. The first-order valence-corrected chi connectivity index (χ1v) is 5.83. The van der Waals surface area contributed by atoms with Crippen LogP contribution in [-0.2, 0) is 0 Å². The Balaban J connectivity index is 1.87. The third-order valence-electron chi connectivity index (χ3n) is 2.55. The molecule has 0 unspecified atom stereocenters. The molecular weight excluding hydrogens is 266 g/mol. The van der Waals surface area contributed by atoms with Crippen LogP contribution in [0.15, 0.2) is 36.7 Å². The minimum absolute atomic E-state index is 0.169. The highest BCUT2D eigenvalue weighted by Gasteiger charge is 2.09. The molecule has 0 bridgehead atoms. The number of amides is 1. The van der Waals surface area contributed by atoms with Crippen molar-refractivity contribution >= 4 is 34.4 Å². The van der Waals surface area contributed by atoms with E-state index in [4.69, 9.17) is 11.6 Å². The molecule has 2 aromatic heterocycles. The van der Waals surface area contributed by atoms with Crippen molar-refractivity contribution < 1.29 is 4.79 Å². The molecule has 0 fully saturated rings. The van der Waals surface area contributed by atoms with E-state index in [1.54, 1.807) is 18.3 Å². The highest BCUT2D eigenvalue weighted by atomic mass is 35.5. The molecule has 0 aliphatic rings. The molecule has 0 radical (unpaired) electrons. The van der Waals surface area contributed by atoms with Crippen LogP contribution in [0.5, 0.6) is 0 Å². The van der Waals surface area contributed by atoms with Crippen LogP contribution in [0, 0.1) is 0 Å². The smallest absolute Gasteiger partial charge is 0.258 e. The van der Waals surface area contributed by atoms with Crippen molar-refractivity contribution in [3.05, 3.63) is 47.4 Å². The molecular formula is C12H8ClN5O. The second kappa shape index (κ2) is 4.66. The van der Waals surface area contributed by atoms with Crippen molar-refractivity contribution in [3.8, 4) is 0 Å². The topological polar surface area (TPSA) is 83.6 Å². The minimum atomic E-state index is -0.307. The predicted octanol–water partition coefficient (Wildman–Crippen LogP) is 2.26. The number of aromatic nitrogens is 4. The van der Waals surface area contributed by atoms with E-state index in [1.165, 1.54) is 12.3 Å². The molecule has 0 aliphatic heterocycles. The lowest BCUT2D eigenvalue weighted by Crippen LogP contribution is -2.14. The van der Waals surface area contributed by atoms with Crippen LogP contribution < -0.4 is 5.32 Å². The highest BCUT2D eigenvalue weighted by molar-refractivity contribution is 6.29. The van der Waals surface area contributed by atoms with Crippen LogP contribution in [0.3, 0.4) is 0 Å². The molecule has 1 aromatic carbocycles. The molecule has 2 N–H and O–H groups in total. The fraction of sp³-hybridized carbons (Fsp3) is 0. The number of halogens is 1. The number of fused-ring (bicyclic) bond motifs is 1. The third kappa shape index (κ3) is 2.38. The van der Waals surface area contributed by atoms with Crippen LogP contribution in [0.2, 0.25) is 5.15 Å². The quantitative estimate of drug-likeness (QED) is 0.702. The fourth-order valence-electron chi connectivity index (χ4n) is 1.65. The first-order chi connectivity index (χ1) is 9.22. The van der Waals surface area contributed by atoms with Gasteiger partial charge in [0.05, 0.1) is 11.7 Å². The number of nitrogens with one attached hydrogen (secondary N) is 2. The monoisotopic (exact) mass is 273 g/mol. The number of benzene rings is 1. The second-order valence-corrected chi connectivity index (χ2v) is 4.22. The zero-order valence-electron chi connectivity index (χ0n) is 9.59. The lowest BCUT2D eigenvalue weighted by Gasteiger charge is -2.03. The van der Waals surface area contributed by atoms with Gasteiger partial charge in [-0.25, -0.2) is 9.97 Å². The maximum absolute atomic E-state index is 12.0. The van der Waals surface area contributed by atoms with Gasteiger partial charge in [-0.2, -0.15) is 5.10 Å². The molecule has 0 spiro atoms. The Kier molecular flexibility index (Phi) is 2.85. The average Bonchev–Trinajstić information content (AvgIpc) is 2.85. The van der Waals surface area contributed by atoms with Gasteiger partial charge in [0.25, 0.3) is 5.91 Å². The predicted molar refractivity (Wildman–Crippen MR) is 71.1 cm³/mol. The van der Waals surface area contributed by atoms with Crippen molar-refractivity contribution in [3.63, 3.8) is 0 Å². The fourth-order valence-corrected chi connectivity index (χ4v) is 1.79. The van der Waals surface area contributed by atoms with Gasteiger partial charge in [-0.1, -0.05) is 17.7 Å². The highest BCUT2D eigenvalue weighted by Crippen LogP contribution is 2.14. The summed E-state index contributed by atoms with van der Waals surface area (Å²) in [6, 6.07) is 6.76. The van der Waals surface area contributed by atoms with Gasteiger partial charge in [0.1, 0.15) is 5.15 Å². The van der Waals surface area contributed by atoms with Crippen molar-refractivity contribution in [2.24, 2.45) is 0 Å².